The monoisotopic (exact) mass is 281 g/mol. The molecule has 0 radical (unpaired) electrons. The van der Waals surface area contributed by atoms with Gasteiger partial charge in [0.05, 0.1) is 16.8 Å². The summed E-state index contributed by atoms with van der Waals surface area (Å²) < 4.78 is 37.8. The first-order valence-electron chi connectivity index (χ1n) is 5.66. The van der Waals surface area contributed by atoms with E-state index >= 15 is 0 Å². The Morgan fingerprint density at radius 1 is 1.25 bits per heavy atom. The fourth-order valence-electron chi connectivity index (χ4n) is 1.81. The number of carbonyl (C=O) groups is 1. The zero-order chi connectivity index (χ0) is 14.9. The minimum atomic E-state index is -4.62. The maximum atomic E-state index is 12.6. The summed E-state index contributed by atoms with van der Waals surface area (Å²) in [6.45, 7) is 1.80. The number of aromatic carboxylic acids is 1. The molecule has 1 aromatic heterocycles. The smallest absolute Gasteiger partial charge is 0.417 e. The van der Waals surface area contributed by atoms with Crippen molar-refractivity contribution in [2.75, 3.05) is 0 Å². The summed E-state index contributed by atoms with van der Waals surface area (Å²) in [5.74, 6) is -1.44. The molecule has 6 heteroatoms. The lowest BCUT2D eigenvalue weighted by Crippen LogP contribution is -2.10. The average molecular weight is 281 g/mol. The molecule has 0 atom stereocenters. The molecule has 0 aliphatic carbocycles. The summed E-state index contributed by atoms with van der Waals surface area (Å²) in [4.78, 5) is 14.8. The number of rotatable bonds is 2. The second-order valence-corrected chi connectivity index (χ2v) is 4.29. The van der Waals surface area contributed by atoms with Crippen molar-refractivity contribution < 1.29 is 23.1 Å². The number of benzene rings is 1. The van der Waals surface area contributed by atoms with E-state index in [0.717, 1.165) is 5.56 Å². The fraction of sp³-hybridized carbons (Fsp3) is 0.143. The van der Waals surface area contributed by atoms with Gasteiger partial charge in [0.2, 0.25) is 0 Å². The maximum absolute atomic E-state index is 12.6. The van der Waals surface area contributed by atoms with E-state index < -0.39 is 23.3 Å². The van der Waals surface area contributed by atoms with Crippen LogP contribution in [0.25, 0.3) is 11.3 Å². The predicted octanol–water partition coefficient (Wildman–Crippen LogP) is 3.77. The lowest BCUT2D eigenvalue weighted by molar-refractivity contribution is -0.137. The number of aryl methyl sites for hydroxylation is 1. The third-order valence-corrected chi connectivity index (χ3v) is 2.74. The molecular formula is C14H10F3NO2. The topological polar surface area (TPSA) is 50.2 Å². The number of pyridine rings is 1. The number of halogens is 3. The average Bonchev–Trinajstić information content (AvgIpc) is 2.37. The zero-order valence-corrected chi connectivity index (χ0v) is 10.4. The fourth-order valence-corrected chi connectivity index (χ4v) is 1.81. The molecule has 0 bridgehead atoms. The van der Waals surface area contributed by atoms with Crippen LogP contribution in [0, 0.1) is 6.92 Å². The lowest BCUT2D eigenvalue weighted by Gasteiger charge is -2.10. The number of carboxylic acid groups (broad SMARTS) is 1. The van der Waals surface area contributed by atoms with Crippen molar-refractivity contribution >= 4 is 5.97 Å². The van der Waals surface area contributed by atoms with Gasteiger partial charge < -0.3 is 5.11 Å². The molecule has 3 nitrogen and oxygen atoms in total. The first-order valence-corrected chi connectivity index (χ1v) is 5.66. The van der Waals surface area contributed by atoms with Crippen LogP contribution >= 0.6 is 0 Å². The second kappa shape index (κ2) is 4.96. The highest BCUT2D eigenvalue weighted by atomic mass is 19.4. The predicted molar refractivity (Wildman–Crippen MR) is 66.4 cm³/mol. The van der Waals surface area contributed by atoms with Gasteiger partial charge in [-0.1, -0.05) is 23.8 Å². The Hall–Kier alpha value is -2.37. The summed E-state index contributed by atoms with van der Waals surface area (Å²) in [6, 6.07) is 7.37. The van der Waals surface area contributed by atoms with Gasteiger partial charge in [-0.2, -0.15) is 13.2 Å². The van der Waals surface area contributed by atoms with Crippen LogP contribution in [0.15, 0.2) is 36.5 Å². The molecule has 2 aromatic rings. The summed E-state index contributed by atoms with van der Waals surface area (Å²) >= 11 is 0. The molecule has 0 spiro atoms. The molecule has 0 saturated heterocycles. The Morgan fingerprint density at radius 2 is 1.95 bits per heavy atom. The van der Waals surface area contributed by atoms with Crippen LogP contribution in [0.2, 0.25) is 0 Å². The van der Waals surface area contributed by atoms with E-state index in [9.17, 15) is 18.0 Å². The molecular weight excluding hydrogens is 271 g/mol. The molecule has 1 heterocycles. The molecule has 0 saturated carbocycles. The Kier molecular flexibility index (Phi) is 3.48. The van der Waals surface area contributed by atoms with E-state index in [1.807, 2.05) is 0 Å². The van der Waals surface area contributed by atoms with Crippen molar-refractivity contribution in [3.63, 3.8) is 0 Å². The summed E-state index contributed by atoms with van der Waals surface area (Å²) in [7, 11) is 0. The Morgan fingerprint density at radius 3 is 2.50 bits per heavy atom. The van der Waals surface area contributed by atoms with Crippen molar-refractivity contribution in [1.29, 1.82) is 0 Å². The Bertz CT molecular complexity index is 666. The highest BCUT2D eigenvalue weighted by molar-refractivity contribution is 5.95. The Labute approximate surface area is 112 Å². The van der Waals surface area contributed by atoms with E-state index in [1.54, 1.807) is 31.2 Å². The van der Waals surface area contributed by atoms with E-state index in [-0.39, 0.29) is 5.69 Å². The number of carboxylic acids is 1. The van der Waals surface area contributed by atoms with Crippen LogP contribution in [0.4, 0.5) is 13.2 Å². The molecule has 0 amide bonds. The highest BCUT2D eigenvalue weighted by Gasteiger charge is 2.32. The van der Waals surface area contributed by atoms with Crippen LogP contribution in [-0.2, 0) is 6.18 Å². The van der Waals surface area contributed by atoms with Gasteiger partial charge in [0, 0.05) is 11.8 Å². The van der Waals surface area contributed by atoms with Crippen molar-refractivity contribution in [3.8, 4) is 11.3 Å². The lowest BCUT2D eigenvalue weighted by atomic mass is 10.0. The van der Waals surface area contributed by atoms with E-state index in [1.165, 1.54) is 0 Å². The number of alkyl halides is 3. The minimum Gasteiger partial charge on any atom is -0.478 e. The summed E-state index contributed by atoms with van der Waals surface area (Å²) in [5.41, 5.74) is -0.192. The highest BCUT2D eigenvalue weighted by Crippen LogP contribution is 2.32. The van der Waals surface area contributed by atoms with E-state index in [2.05, 4.69) is 4.98 Å². The van der Waals surface area contributed by atoms with E-state index in [0.29, 0.717) is 17.8 Å². The number of hydrogen-bond donors (Lipinski definition) is 1. The largest absolute Gasteiger partial charge is 0.478 e. The maximum Gasteiger partial charge on any atom is 0.417 e. The molecule has 0 aliphatic rings. The van der Waals surface area contributed by atoms with Gasteiger partial charge >= 0.3 is 12.1 Å². The molecule has 2 rings (SSSR count). The second-order valence-electron chi connectivity index (χ2n) is 4.29. The third kappa shape index (κ3) is 2.79. The number of nitrogens with zero attached hydrogens (tertiary/aromatic N) is 1. The summed E-state index contributed by atoms with van der Waals surface area (Å²) in [6.07, 6.45) is -3.98. The molecule has 0 fully saturated rings. The van der Waals surface area contributed by atoms with Crippen LogP contribution < -0.4 is 0 Å². The van der Waals surface area contributed by atoms with Gasteiger partial charge in [-0.3, -0.25) is 4.98 Å². The SMILES string of the molecule is Cc1cccc(-c2ncc(C(F)(F)F)cc2C(=O)O)c1. The van der Waals surface area contributed by atoms with Gasteiger partial charge in [0.15, 0.2) is 0 Å². The van der Waals surface area contributed by atoms with Gasteiger partial charge in [0.1, 0.15) is 0 Å². The van der Waals surface area contributed by atoms with Gasteiger partial charge in [-0.25, -0.2) is 4.79 Å². The van der Waals surface area contributed by atoms with Gasteiger partial charge in [-0.15, -0.1) is 0 Å². The first kappa shape index (κ1) is 14.0. The molecule has 0 unspecified atom stereocenters. The molecule has 1 aromatic carbocycles. The van der Waals surface area contributed by atoms with Crippen molar-refractivity contribution in [1.82, 2.24) is 4.98 Å². The molecule has 104 valence electrons. The van der Waals surface area contributed by atoms with Crippen molar-refractivity contribution in [2.24, 2.45) is 0 Å². The van der Waals surface area contributed by atoms with Gasteiger partial charge in [-0.05, 0) is 19.1 Å². The number of aromatic nitrogens is 1. The molecule has 1 N–H and O–H groups in total. The number of hydrogen-bond acceptors (Lipinski definition) is 2. The molecule has 0 aliphatic heterocycles. The van der Waals surface area contributed by atoms with Crippen LogP contribution in [-0.4, -0.2) is 16.1 Å². The van der Waals surface area contributed by atoms with Crippen LogP contribution in [0.3, 0.4) is 0 Å². The summed E-state index contributed by atoms with van der Waals surface area (Å²) in [5, 5.41) is 9.08. The van der Waals surface area contributed by atoms with Gasteiger partial charge in [0.25, 0.3) is 0 Å². The standard InChI is InChI=1S/C14H10F3NO2/c1-8-3-2-4-9(5-8)12-11(13(19)20)6-10(7-18-12)14(15,16)17/h2-7H,1H3,(H,19,20). The third-order valence-electron chi connectivity index (χ3n) is 2.74. The quantitative estimate of drug-likeness (QED) is 0.911. The Balaban J connectivity index is 2.62. The first-order chi connectivity index (χ1) is 9.29. The van der Waals surface area contributed by atoms with Crippen molar-refractivity contribution in [2.45, 2.75) is 13.1 Å². The van der Waals surface area contributed by atoms with E-state index in [4.69, 9.17) is 5.11 Å². The van der Waals surface area contributed by atoms with Crippen molar-refractivity contribution in [3.05, 3.63) is 53.2 Å². The normalized spacial score (nSPS) is 11.4. The zero-order valence-electron chi connectivity index (χ0n) is 10.4. The van der Waals surface area contributed by atoms with Crippen LogP contribution in [0.5, 0.6) is 0 Å². The minimum absolute atomic E-state index is 0.0224. The van der Waals surface area contributed by atoms with Crippen LogP contribution in [0.1, 0.15) is 21.5 Å². The molecule has 20 heavy (non-hydrogen) atoms.